The Morgan fingerprint density at radius 3 is 1.13 bits per heavy atom. The Hall–Kier alpha value is -7.30. The summed E-state index contributed by atoms with van der Waals surface area (Å²) in [6.07, 6.45) is 0. The second-order valence-electron chi connectivity index (χ2n) is 15.7. The molecule has 2 aromatic heterocycles. The maximum atomic E-state index is 2.37. The molecular formula is C58H37NS2. The molecule has 0 aliphatic rings. The van der Waals surface area contributed by atoms with Gasteiger partial charge in [0.15, 0.2) is 0 Å². The van der Waals surface area contributed by atoms with E-state index in [1.165, 1.54) is 95.6 Å². The van der Waals surface area contributed by atoms with Gasteiger partial charge in [0.25, 0.3) is 0 Å². The predicted octanol–water partition coefficient (Wildman–Crippen LogP) is 17.7. The molecule has 0 saturated heterocycles. The second-order valence-corrected chi connectivity index (χ2v) is 17.9. The fourth-order valence-electron chi connectivity index (χ4n) is 8.91. The SMILES string of the molecule is c1cc(-c2ccc(N(c3ccc(-c4ccc5sc6ccccc6c5c4)cc3)c3ccc(-c4ccc5sc6ccccc6c5c4)cc3)cc2)cc(-c2ccc3ccccc3c2)c1. The van der Waals surface area contributed by atoms with E-state index >= 15 is 0 Å². The van der Waals surface area contributed by atoms with Crippen LogP contribution in [0.1, 0.15) is 0 Å². The van der Waals surface area contributed by atoms with Crippen LogP contribution in [0.25, 0.3) is 95.6 Å². The highest BCUT2D eigenvalue weighted by Crippen LogP contribution is 2.41. The summed E-state index contributed by atoms with van der Waals surface area (Å²) in [6, 6.07) is 82.5. The molecule has 0 fully saturated rings. The Morgan fingerprint density at radius 2 is 0.607 bits per heavy atom. The van der Waals surface area contributed by atoms with Gasteiger partial charge in [0.2, 0.25) is 0 Å². The summed E-state index contributed by atoms with van der Waals surface area (Å²) in [5.74, 6) is 0. The molecule has 0 amide bonds. The molecule has 3 heteroatoms. The van der Waals surface area contributed by atoms with Crippen molar-refractivity contribution >= 4 is 90.9 Å². The number of thiophene rings is 2. The van der Waals surface area contributed by atoms with Crippen LogP contribution in [0.15, 0.2) is 224 Å². The first-order valence-corrected chi connectivity index (χ1v) is 22.4. The van der Waals surface area contributed by atoms with Crippen LogP contribution in [-0.4, -0.2) is 0 Å². The van der Waals surface area contributed by atoms with Crippen LogP contribution in [0.2, 0.25) is 0 Å². The van der Waals surface area contributed by atoms with Crippen LogP contribution in [0.4, 0.5) is 17.1 Å². The van der Waals surface area contributed by atoms with E-state index in [9.17, 15) is 0 Å². The topological polar surface area (TPSA) is 3.24 Å². The quantitative estimate of drug-likeness (QED) is 0.155. The maximum absolute atomic E-state index is 2.37. The molecule has 1 nitrogen and oxygen atoms in total. The van der Waals surface area contributed by atoms with E-state index in [4.69, 9.17) is 0 Å². The predicted molar refractivity (Wildman–Crippen MR) is 266 cm³/mol. The fraction of sp³-hybridized carbons (Fsp3) is 0. The number of rotatable bonds is 7. The summed E-state index contributed by atoms with van der Waals surface area (Å²) < 4.78 is 5.30. The van der Waals surface area contributed by atoms with Crippen LogP contribution in [-0.2, 0) is 0 Å². The molecule has 286 valence electrons. The van der Waals surface area contributed by atoms with Gasteiger partial charge in [0.1, 0.15) is 0 Å². The van der Waals surface area contributed by atoms with Gasteiger partial charge in [-0.3, -0.25) is 0 Å². The number of fused-ring (bicyclic) bond motifs is 7. The highest BCUT2D eigenvalue weighted by molar-refractivity contribution is 7.26. The van der Waals surface area contributed by atoms with Crippen molar-refractivity contribution in [3.8, 4) is 44.5 Å². The molecular weight excluding hydrogens is 775 g/mol. The van der Waals surface area contributed by atoms with Gasteiger partial charge in [-0.2, -0.15) is 0 Å². The van der Waals surface area contributed by atoms with Gasteiger partial charge in [0.05, 0.1) is 0 Å². The molecule has 0 atom stereocenters. The van der Waals surface area contributed by atoms with Crippen molar-refractivity contribution in [1.29, 1.82) is 0 Å². The van der Waals surface area contributed by atoms with Gasteiger partial charge in [-0.25, -0.2) is 0 Å². The highest BCUT2D eigenvalue weighted by atomic mass is 32.1. The lowest BCUT2D eigenvalue weighted by molar-refractivity contribution is 1.28. The third kappa shape index (κ3) is 6.47. The van der Waals surface area contributed by atoms with Gasteiger partial charge in [-0.1, -0.05) is 140 Å². The molecule has 12 aromatic rings. The number of nitrogens with zero attached hydrogens (tertiary/aromatic N) is 1. The van der Waals surface area contributed by atoms with Crippen molar-refractivity contribution in [3.05, 3.63) is 224 Å². The van der Waals surface area contributed by atoms with Crippen LogP contribution >= 0.6 is 22.7 Å². The van der Waals surface area contributed by atoms with Crippen molar-refractivity contribution in [2.75, 3.05) is 4.90 Å². The molecule has 0 aliphatic carbocycles. The summed E-state index contributed by atoms with van der Waals surface area (Å²) in [7, 11) is 0. The lowest BCUT2D eigenvalue weighted by atomic mass is 9.97. The zero-order chi connectivity index (χ0) is 40.3. The van der Waals surface area contributed by atoms with E-state index < -0.39 is 0 Å². The monoisotopic (exact) mass is 811 g/mol. The largest absolute Gasteiger partial charge is 0.311 e. The summed E-state index contributed by atoms with van der Waals surface area (Å²) in [4.78, 5) is 2.37. The van der Waals surface area contributed by atoms with Crippen LogP contribution in [0.5, 0.6) is 0 Å². The maximum Gasteiger partial charge on any atom is 0.0462 e. The van der Waals surface area contributed by atoms with Crippen molar-refractivity contribution in [2.45, 2.75) is 0 Å². The van der Waals surface area contributed by atoms with Crippen molar-refractivity contribution < 1.29 is 0 Å². The minimum absolute atomic E-state index is 1.10. The lowest BCUT2D eigenvalue weighted by Crippen LogP contribution is -2.09. The van der Waals surface area contributed by atoms with Gasteiger partial charge in [0, 0.05) is 57.4 Å². The summed E-state index contributed by atoms with van der Waals surface area (Å²) in [5, 5.41) is 7.79. The number of hydrogen-bond donors (Lipinski definition) is 0. The molecule has 0 unspecified atom stereocenters. The molecule has 0 radical (unpaired) electrons. The fourth-order valence-corrected chi connectivity index (χ4v) is 11.1. The summed E-state index contributed by atoms with van der Waals surface area (Å²) >= 11 is 3.72. The lowest BCUT2D eigenvalue weighted by Gasteiger charge is -2.26. The first-order chi connectivity index (χ1) is 30.2. The summed E-state index contributed by atoms with van der Waals surface area (Å²) in [6.45, 7) is 0. The number of benzene rings is 10. The molecule has 2 heterocycles. The Morgan fingerprint density at radius 1 is 0.230 bits per heavy atom. The molecule has 0 saturated carbocycles. The Bertz CT molecular complexity index is 3420. The zero-order valence-electron chi connectivity index (χ0n) is 33.1. The van der Waals surface area contributed by atoms with E-state index in [-0.39, 0.29) is 0 Å². The van der Waals surface area contributed by atoms with Crippen LogP contribution in [0.3, 0.4) is 0 Å². The molecule has 10 aromatic carbocycles. The first kappa shape index (κ1) is 35.6. The molecule has 0 bridgehead atoms. The van der Waals surface area contributed by atoms with E-state index in [1.54, 1.807) is 0 Å². The molecule has 61 heavy (non-hydrogen) atoms. The van der Waals surface area contributed by atoms with E-state index in [0.717, 1.165) is 17.1 Å². The third-order valence-electron chi connectivity index (χ3n) is 12.1. The summed E-state index contributed by atoms with van der Waals surface area (Å²) in [5.41, 5.74) is 13.0. The highest BCUT2D eigenvalue weighted by Gasteiger charge is 2.15. The standard InChI is InChI=1S/C58H37NS2/c1-2-9-42-35-45(17-16-38(42)8-1)44-11-7-10-43(34-44)39-18-26-48(27-19-39)59(49-28-20-40(21-29-49)46-24-32-57-53(36-46)51-12-3-5-14-55(51)60-57)50-30-22-41(23-31-50)47-25-33-58-54(37-47)52-13-4-6-15-56(52)61-58/h1-37H. The third-order valence-corrected chi connectivity index (χ3v) is 14.4. The van der Waals surface area contributed by atoms with E-state index in [1.807, 2.05) is 22.7 Å². The van der Waals surface area contributed by atoms with Gasteiger partial charge >= 0.3 is 0 Å². The normalized spacial score (nSPS) is 11.6. The van der Waals surface area contributed by atoms with Crippen molar-refractivity contribution in [1.82, 2.24) is 0 Å². The van der Waals surface area contributed by atoms with Crippen LogP contribution < -0.4 is 4.90 Å². The molecule has 12 rings (SSSR count). The minimum atomic E-state index is 1.10. The van der Waals surface area contributed by atoms with Gasteiger partial charge < -0.3 is 4.90 Å². The van der Waals surface area contributed by atoms with E-state index in [0.29, 0.717) is 0 Å². The first-order valence-electron chi connectivity index (χ1n) is 20.7. The minimum Gasteiger partial charge on any atom is -0.311 e. The average Bonchev–Trinajstić information content (AvgIpc) is 3.90. The average molecular weight is 812 g/mol. The zero-order valence-corrected chi connectivity index (χ0v) is 34.8. The van der Waals surface area contributed by atoms with Gasteiger partial charge in [-0.05, 0) is 140 Å². The van der Waals surface area contributed by atoms with Gasteiger partial charge in [-0.15, -0.1) is 22.7 Å². The van der Waals surface area contributed by atoms with Crippen LogP contribution in [0, 0.1) is 0 Å². The Balaban J connectivity index is 0.904. The smallest absolute Gasteiger partial charge is 0.0462 e. The van der Waals surface area contributed by atoms with Crippen molar-refractivity contribution in [2.24, 2.45) is 0 Å². The molecule has 0 N–H and O–H groups in total. The number of hydrogen-bond acceptors (Lipinski definition) is 3. The molecule has 0 spiro atoms. The Kier molecular flexibility index (Phi) is 8.62. The number of anilines is 3. The Labute approximate surface area is 362 Å². The molecule has 0 aliphatic heterocycles. The van der Waals surface area contributed by atoms with E-state index in [2.05, 4.69) is 229 Å². The second kappa shape index (κ2) is 14.8. The van der Waals surface area contributed by atoms with Crippen molar-refractivity contribution in [3.63, 3.8) is 0 Å².